The van der Waals surface area contributed by atoms with Crippen LogP contribution in [0.25, 0.3) is 11.8 Å². The van der Waals surface area contributed by atoms with Crippen LogP contribution in [0.2, 0.25) is 0 Å². The van der Waals surface area contributed by atoms with Crippen molar-refractivity contribution in [2.75, 3.05) is 20.2 Å². The summed E-state index contributed by atoms with van der Waals surface area (Å²) in [6, 6.07) is 15.3. The number of hydrogen-bond acceptors (Lipinski definition) is 6. The summed E-state index contributed by atoms with van der Waals surface area (Å²) >= 11 is 0.851. The van der Waals surface area contributed by atoms with E-state index >= 15 is 0 Å². The molecule has 1 fully saturated rings. The largest absolute Gasteiger partial charge is 0.465 e. The summed E-state index contributed by atoms with van der Waals surface area (Å²) in [6.45, 7) is 6.59. The molecule has 3 heterocycles. The molecule has 3 aromatic rings. The van der Waals surface area contributed by atoms with Gasteiger partial charge in [-0.3, -0.25) is 19.3 Å². The third-order valence-corrected chi connectivity index (χ3v) is 8.17. The Labute approximate surface area is 231 Å². The van der Waals surface area contributed by atoms with E-state index in [4.69, 9.17) is 4.74 Å². The normalized spacial score (nSPS) is 16.2. The van der Waals surface area contributed by atoms with Crippen LogP contribution >= 0.6 is 11.8 Å². The van der Waals surface area contributed by atoms with E-state index in [-0.39, 0.29) is 17.4 Å². The topological polar surface area (TPSA) is 88.9 Å². The minimum Gasteiger partial charge on any atom is -0.465 e. The molecule has 0 atom stereocenters. The lowest BCUT2D eigenvalue weighted by atomic mass is 10.00. The Balaban J connectivity index is 1.34. The molecular formula is C30H29N3O5S. The van der Waals surface area contributed by atoms with Gasteiger partial charge in [0.05, 0.1) is 17.6 Å². The smallest absolute Gasteiger partial charge is 0.337 e. The molecule has 0 N–H and O–H groups in total. The minimum absolute atomic E-state index is 0.239. The molecule has 0 spiro atoms. The Bertz CT molecular complexity index is 1550. The second-order valence-electron chi connectivity index (χ2n) is 9.76. The van der Waals surface area contributed by atoms with Crippen molar-refractivity contribution < 1.29 is 23.9 Å². The van der Waals surface area contributed by atoms with Gasteiger partial charge in [-0.05, 0) is 91.5 Å². The average molecular weight is 544 g/mol. The summed E-state index contributed by atoms with van der Waals surface area (Å²) < 4.78 is 6.87. The molecule has 2 aliphatic rings. The zero-order chi connectivity index (χ0) is 27.8. The van der Waals surface area contributed by atoms with Crippen molar-refractivity contribution in [3.05, 3.63) is 92.6 Å². The lowest BCUT2D eigenvalue weighted by molar-refractivity contribution is -0.136. The molecule has 1 aromatic heterocycles. The maximum Gasteiger partial charge on any atom is 0.337 e. The van der Waals surface area contributed by atoms with Crippen molar-refractivity contribution in [1.29, 1.82) is 0 Å². The fraction of sp³-hybridized carbons (Fsp3) is 0.267. The number of aryl methyl sites for hydroxylation is 2. The molecule has 0 unspecified atom stereocenters. The number of ether oxygens (including phenoxy) is 1. The lowest BCUT2D eigenvalue weighted by Gasteiger charge is -2.29. The number of hydrogen-bond donors (Lipinski definition) is 0. The molecular weight excluding hydrogens is 514 g/mol. The molecule has 0 bridgehead atoms. The van der Waals surface area contributed by atoms with Gasteiger partial charge in [-0.15, -0.1) is 0 Å². The van der Waals surface area contributed by atoms with Crippen molar-refractivity contribution >= 4 is 40.9 Å². The monoisotopic (exact) mass is 543 g/mol. The number of benzene rings is 2. The minimum atomic E-state index is -0.459. The number of methoxy groups -OCH3 is 1. The van der Waals surface area contributed by atoms with Gasteiger partial charge in [-0.1, -0.05) is 24.3 Å². The fourth-order valence-corrected chi connectivity index (χ4v) is 6.01. The summed E-state index contributed by atoms with van der Waals surface area (Å²) in [4.78, 5) is 53.9. The van der Waals surface area contributed by atoms with Gasteiger partial charge in [-0.2, -0.15) is 0 Å². The van der Waals surface area contributed by atoms with Crippen LogP contribution in [0, 0.1) is 20.8 Å². The molecule has 0 saturated carbocycles. The highest BCUT2D eigenvalue weighted by Gasteiger charge is 2.37. The Morgan fingerprint density at radius 2 is 1.77 bits per heavy atom. The zero-order valence-electron chi connectivity index (χ0n) is 22.3. The second-order valence-corrected chi connectivity index (χ2v) is 10.7. The number of rotatable bonds is 5. The van der Waals surface area contributed by atoms with Crippen LogP contribution < -0.4 is 0 Å². The third kappa shape index (κ3) is 5.02. The van der Waals surface area contributed by atoms with Gasteiger partial charge in [0.1, 0.15) is 6.54 Å². The van der Waals surface area contributed by atoms with E-state index < -0.39 is 17.1 Å². The standard InChI is InChI=1S/C30H29N3O5S/c1-18-13-22(29(36)38-4)9-10-25(18)33-19(2)14-24(20(33)3)15-26-28(35)32(30(37)39-26)17-27(34)31-12-11-21-7-5-6-8-23(21)16-31/h5-10,13-15H,11-12,16-17H2,1-4H3/b26-15-. The van der Waals surface area contributed by atoms with Gasteiger partial charge in [0.2, 0.25) is 5.91 Å². The first-order valence-corrected chi connectivity index (χ1v) is 13.5. The molecule has 39 heavy (non-hydrogen) atoms. The maximum atomic E-state index is 13.2. The Morgan fingerprint density at radius 1 is 1.03 bits per heavy atom. The van der Waals surface area contributed by atoms with E-state index in [0.717, 1.165) is 56.8 Å². The number of aromatic nitrogens is 1. The Hall–Kier alpha value is -4.11. The van der Waals surface area contributed by atoms with E-state index in [2.05, 4.69) is 6.07 Å². The van der Waals surface area contributed by atoms with Crippen molar-refractivity contribution in [2.24, 2.45) is 0 Å². The quantitative estimate of drug-likeness (QED) is 0.339. The van der Waals surface area contributed by atoms with Crippen molar-refractivity contribution in [1.82, 2.24) is 14.4 Å². The predicted molar refractivity (Wildman–Crippen MR) is 150 cm³/mol. The summed E-state index contributed by atoms with van der Waals surface area (Å²) in [5.74, 6) is -1.10. The molecule has 0 aliphatic carbocycles. The third-order valence-electron chi connectivity index (χ3n) is 7.27. The predicted octanol–water partition coefficient (Wildman–Crippen LogP) is 4.81. The Kier molecular flexibility index (Phi) is 7.18. The molecule has 0 radical (unpaired) electrons. The summed E-state index contributed by atoms with van der Waals surface area (Å²) in [5.41, 5.74) is 7.21. The van der Waals surface area contributed by atoms with Gasteiger partial charge in [-0.25, -0.2) is 4.79 Å². The van der Waals surface area contributed by atoms with E-state index in [1.54, 1.807) is 23.1 Å². The van der Waals surface area contributed by atoms with Gasteiger partial charge in [0.25, 0.3) is 11.1 Å². The van der Waals surface area contributed by atoms with E-state index in [1.165, 1.54) is 12.7 Å². The molecule has 2 aliphatic heterocycles. The van der Waals surface area contributed by atoms with Crippen LogP contribution in [-0.2, 0) is 27.3 Å². The number of esters is 1. The van der Waals surface area contributed by atoms with Gasteiger partial charge in [0.15, 0.2) is 0 Å². The van der Waals surface area contributed by atoms with Crippen LogP contribution in [0.15, 0.2) is 53.4 Å². The van der Waals surface area contributed by atoms with Crippen molar-refractivity contribution in [3.63, 3.8) is 0 Å². The van der Waals surface area contributed by atoms with E-state index in [0.29, 0.717) is 18.7 Å². The fourth-order valence-electron chi connectivity index (χ4n) is 5.18. The van der Waals surface area contributed by atoms with Gasteiger partial charge < -0.3 is 14.2 Å². The summed E-state index contributed by atoms with van der Waals surface area (Å²) in [5, 5.41) is -0.444. The number of carbonyl (C=O) groups is 4. The second kappa shape index (κ2) is 10.6. The molecule has 2 aromatic carbocycles. The number of carbonyl (C=O) groups excluding carboxylic acids is 4. The first kappa shape index (κ1) is 26.5. The SMILES string of the molecule is COC(=O)c1ccc(-n2c(C)cc(/C=C3\SC(=O)N(CC(=O)N4CCc5ccccc5C4)C3=O)c2C)c(C)c1. The average Bonchev–Trinajstić information content (AvgIpc) is 3.36. The zero-order valence-corrected chi connectivity index (χ0v) is 23.1. The number of amides is 3. The molecule has 3 amide bonds. The highest BCUT2D eigenvalue weighted by atomic mass is 32.2. The number of fused-ring (bicyclic) bond motifs is 1. The van der Waals surface area contributed by atoms with Crippen LogP contribution in [0.5, 0.6) is 0 Å². The van der Waals surface area contributed by atoms with Crippen LogP contribution in [-0.4, -0.2) is 57.6 Å². The molecule has 5 rings (SSSR count). The van der Waals surface area contributed by atoms with Crippen LogP contribution in [0.1, 0.15) is 44.0 Å². The maximum absolute atomic E-state index is 13.2. The number of nitrogens with zero attached hydrogens (tertiary/aromatic N) is 3. The van der Waals surface area contributed by atoms with Crippen molar-refractivity contribution in [3.8, 4) is 5.69 Å². The van der Waals surface area contributed by atoms with Crippen molar-refractivity contribution in [2.45, 2.75) is 33.7 Å². The first-order chi connectivity index (χ1) is 18.7. The molecule has 8 nitrogen and oxygen atoms in total. The lowest BCUT2D eigenvalue weighted by Crippen LogP contribution is -2.44. The first-order valence-electron chi connectivity index (χ1n) is 12.7. The highest BCUT2D eigenvalue weighted by Crippen LogP contribution is 2.34. The van der Waals surface area contributed by atoms with E-state index in [9.17, 15) is 19.2 Å². The highest BCUT2D eigenvalue weighted by molar-refractivity contribution is 8.18. The van der Waals surface area contributed by atoms with E-state index in [1.807, 2.05) is 55.7 Å². The van der Waals surface area contributed by atoms with Crippen LogP contribution in [0.3, 0.4) is 0 Å². The molecule has 1 saturated heterocycles. The molecule has 200 valence electrons. The summed E-state index contributed by atoms with van der Waals surface area (Å²) in [7, 11) is 1.35. The van der Waals surface area contributed by atoms with Gasteiger partial charge >= 0.3 is 5.97 Å². The number of thioether (sulfide) groups is 1. The van der Waals surface area contributed by atoms with Gasteiger partial charge in [0, 0.05) is 30.2 Å². The number of imide groups is 1. The van der Waals surface area contributed by atoms with Crippen LogP contribution in [0.4, 0.5) is 4.79 Å². The molecule has 9 heteroatoms. The summed E-state index contributed by atoms with van der Waals surface area (Å²) in [6.07, 6.45) is 2.47. The Morgan fingerprint density at radius 3 is 2.49 bits per heavy atom.